The molecule has 0 radical (unpaired) electrons. The van der Waals surface area contributed by atoms with Crippen LogP contribution in [0.25, 0.3) is 0 Å². The van der Waals surface area contributed by atoms with E-state index in [-0.39, 0.29) is 18.3 Å². The molecule has 0 spiro atoms. The van der Waals surface area contributed by atoms with Crippen molar-refractivity contribution >= 4 is 5.91 Å². The van der Waals surface area contributed by atoms with Gasteiger partial charge in [0, 0.05) is 13.6 Å². The predicted octanol–water partition coefficient (Wildman–Crippen LogP) is 3.49. The third kappa shape index (κ3) is 4.47. The Labute approximate surface area is 141 Å². The summed E-state index contributed by atoms with van der Waals surface area (Å²) in [7, 11) is 3.08. The minimum Gasteiger partial charge on any atom is -0.494 e. The molecule has 4 nitrogen and oxygen atoms in total. The van der Waals surface area contributed by atoms with Crippen LogP contribution in [-0.4, -0.2) is 31.6 Å². The van der Waals surface area contributed by atoms with Gasteiger partial charge in [-0.25, -0.2) is 4.39 Å². The van der Waals surface area contributed by atoms with Crippen LogP contribution in [0.2, 0.25) is 0 Å². The van der Waals surface area contributed by atoms with Crippen LogP contribution in [0.5, 0.6) is 11.5 Å². The number of aryl methyl sites for hydroxylation is 2. The number of methoxy groups -OCH3 is 1. The SMILES string of the molecule is COc1ccc(CN(C)C(=O)COc2ccc(C)c(C)c2)cc1F. The topological polar surface area (TPSA) is 38.8 Å². The van der Waals surface area contributed by atoms with E-state index in [4.69, 9.17) is 9.47 Å². The number of likely N-dealkylation sites (N-methyl/N-ethyl adjacent to an activating group) is 1. The van der Waals surface area contributed by atoms with E-state index >= 15 is 0 Å². The van der Waals surface area contributed by atoms with Crippen molar-refractivity contribution < 1.29 is 18.7 Å². The van der Waals surface area contributed by atoms with E-state index in [2.05, 4.69) is 0 Å². The van der Waals surface area contributed by atoms with Crippen LogP contribution in [0, 0.1) is 19.7 Å². The van der Waals surface area contributed by atoms with Gasteiger partial charge < -0.3 is 14.4 Å². The van der Waals surface area contributed by atoms with Gasteiger partial charge in [-0.1, -0.05) is 12.1 Å². The Hall–Kier alpha value is -2.56. The van der Waals surface area contributed by atoms with Crippen molar-refractivity contribution in [3.8, 4) is 11.5 Å². The van der Waals surface area contributed by atoms with Crippen molar-refractivity contribution in [3.63, 3.8) is 0 Å². The quantitative estimate of drug-likeness (QED) is 0.813. The number of carbonyl (C=O) groups is 1. The van der Waals surface area contributed by atoms with Gasteiger partial charge in [0.2, 0.25) is 0 Å². The molecule has 2 aromatic rings. The zero-order valence-corrected chi connectivity index (χ0v) is 14.4. The lowest BCUT2D eigenvalue weighted by Gasteiger charge is -2.18. The number of hydrogen-bond donors (Lipinski definition) is 0. The third-order valence-corrected chi connectivity index (χ3v) is 3.90. The molecule has 0 fully saturated rings. The summed E-state index contributed by atoms with van der Waals surface area (Å²) in [6.45, 7) is 4.26. The molecule has 0 N–H and O–H groups in total. The minimum atomic E-state index is -0.442. The summed E-state index contributed by atoms with van der Waals surface area (Å²) < 4.78 is 24.1. The van der Waals surface area contributed by atoms with E-state index in [0.717, 1.165) is 5.56 Å². The van der Waals surface area contributed by atoms with Crippen LogP contribution in [0.4, 0.5) is 4.39 Å². The average Bonchev–Trinajstić information content (AvgIpc) is 2.55. The molecule has 2 aromatic carbocycles. The van der Waals surface area contributed by atoms with Crippen molar-refractivity contribution in [2.24, 2.45) is 0 Å². The second-order valence-corrected chi connectivity index (χ2v) is 5.75. The van der Waals surface area contributed by atoms with E-state index in [1.165, 1.54) is 23.6 Å². The molecule has 0 heterocycles. The number of rotatable bonds is 6. The van der Waals surface area contributed by atoms with Gasteiger partial charge >= 0.3 is 0 Å². The van der Waals surface area contributed by atoms with Gasteiger partial charge in [0.05, 0.1) is 7.11 Å². The Morgan fingerprint density at radius 2 is 1.88 bits per heavy atom. The zero-order valence-electron chi connectivity index (χ0n) is 14.4. The minimum absolute atomic E-state index is 0.0579. The van der Waals surface area contributed by atoms with E-state index in [1.807, 2.05) is 32.0 Å². The number of carbonyl (C=O) groups excluding carboxylic acids is 1. The summed E-state index contributed by atoms with van der Waals surface area (Å²) >= 11 is 0. The maximum absolute atomic E-state index is 13.7. The van der Waals surface area contributed by atoms with Crippen molar-refractivity contribution in [1.29, 1.82) is 0 Å². The molecule has 5 heteroatoms. The highest BCUT2D eigenvalue weighted by molar-refractivity contribution is 5.77. The lowest BCUT2D eigenvalue weighted by atomic mass is 10.1. The number of ether oxygens (including phenoxy) is 2. The molecule has 0 saturated heterocycles. The van der Waals surface area contributed by atoms with Crippen LogP contribution in [0.15, 0.2) is 36.4 Å². The number of benzene rings is 2. The lowest BCUT2D eigenvalue weighted by molar-refractivity contribution is -0.132. The molecule has 0 unspecified atom stereocenters. The van der Waals surface area contributed by atoms with E-state index in [9.17, 15) is 9.18 Å². The molecular weight excluding hydrogens is 309 g/mol. The molecule has 0 aromatic heterocycles. The molecule has 0 aliphatic carbocycles. The molecule has 1 amide bonds. The fraction of sp³-hybridized carbons (Fsp3) is 0.316. The highest BCUT2D eigenvalue weighted by Gasteiger charge is 2.12. The van der Waals surface area contributed by atoms with Gasteiger partial charge in [0.25, 0.3) is 5.91 Å². The molecule has 0 saturated carbocycles. The smallest absolute Gasteiger partial charge is 0.260 e. The maximum atomic E-state index is 13.7. The Kier molecular flexibility index (Phi) is 5.79. The summed E-state index contributed by atoms with van der Waals surface area (Å²) in [5, 5.41) is 0. The van der Waals surface area contributed by atoms with Gasteiger partial charge in [-0.3, -0.25) is 4.79 Å². The first-order valence-corrected chi connectivity index (χ1v) is 7.67. The third-order valence-electron chi connectivity index (χ3n) is 3.90. The fourth-order valence-corrected chi connectivity index (χ4v) is 2.23. The first-order chi connectivity index (χ1) is 11.4. The standard InChI is InChI=1S/C19H22FNO3/c1-13-5-7-16(9-14(13)2)24-12-19(22)21(3)11-15-6-8-18(23-4)17(20)10-15/h5-10H,11-12H2,1-4H3. The molecular formula is C19H22FNO3. The molecule has 2 rings (SSSR count). The summed E-state index contributed by atoms with van der Waals surface area (Å²) in [6, 6.07) is 10.4. The molecule has 0 bridgehead atoms. The van der Waals surface area contributed by atoms with Crippen molar-refractivity contribution in [2.45, 2.75) is 20.4 Å². The average molecular weight is 331 g/mol. The van der Waals surface area contributed by atoms with E-state index < -0.39 is 5.82 Å². The van der Waals surface area contributed by atoms with Gasteiger partial charge in [0.15, 0.2) is 18.2 Å². The summed E-state index contributed by atoms with van der Waals surface area (Å²) in [4.78, 5) is 13.7. The largest absolute Gasteiger partial charge is 0.494 e. The predicted molar refractivity (Wildman–Crippen MR) is 90.8 cm³/mol. The summed E-state index contributed by atoms with van der Waals surface area (Å²) in [5.41, 5.74) is 2.98. The molecule has 0 aliphatic rings. The van der Waals surface area contributed by atoms with Crippen LogP contribution < -0.4 is 9.47 Å². The van der Waals surface area contributed by atoms with Gasteiger partial charge in [-0.05, 0) is 54.8 Å². The number of amides is 1. The fourth-order valence-electron chi connectivity index (χ4n) is 2.23. The Bertz CT molecular complexity index is 731. The molecule has 24 heavy (non-hydrogen) atoms. The molecule has 0 aliphatic heterocycles. The van der Waals surface area contributed by atoms with E-state index in [1.54, 1.807) is 19.2 Å². The number of halogens is 1. The second-order valence-electron chi connectivity index (χ2n) is 5.75. The Morgan fingerprint density at radius 1 is 1.12 bits per heavy atom. The highest BCUT2D eigenvalue weighted by Crippen LogP contribution is 2.19. The normalized spacial score (nSPS) is 10.4. The zero-order chi connectivity index (χ0) is 17.7. The second kappa shape index (κ2) is 7.81. The van der Waals surface area contributed by atoms with Crippen molar-refractivity contribution in [3.05, 3.63) is 58.9 Å². The van der Waals surface area contributed by atoms with Crippen molar-refractivity contribution in [2.75, 3.05) is 20.8 Å². The van der Waals surface area contributed by atoms with Crippen LogP contribution in [0.3, 0.4) is 0 Å². The Morgan fingerprint density at radius 3 is 2.50 bits per heavy atom. The van der Waals surface area contributed by atoms with Crippen LogP contribution in [-0.2, 0) is 11.3 Å². The molecule has 0 atom stereocenters. The van der Waals surface area contributed by atoms with E-state index in [0.29, 0.717) is 17.9 Å². The molecule has 128 valence electrons. The Balaban J connectivity index is 1.92. The highest BCUT2D eigenvalue weighted by atomic mass is 19.1. The van der Waals surface area contributed by atoms with Gasteiger partial charge in [-0.2, -0.15) is 0 Å². The van der Waals surface area contributed by atoms with Crippen LogP contribution >= 0.6 is 0 Å². The first-order valence-electron chi connectivity index (χ1n) is 7.67. The van der Waals surface area contributed by atoms with Crippen molar-refractivity contribution in [1.82, 2.24) is 4.90 Å². The monoisotopic (exact) mass is 331 g/mol. The first kappa shape index (κ1) is 17.8. The number of nitrogens with zero attached hydrogens (tertiary/aromatic N) is 1. The van der Waals surface area contributed by atoms with Crippen LogP contribution in [0.1, 0.15) is 16.7 Å². The maximum Gasteiger partial charge on any atom is 0.260 e. The van der Waals surface area contributed by atoms with Gasteiger partial charge in [0.1, 0.15) is 5.75 Å². The summed E-state index contributed by atoms with van der Waals surface area (Å²) in [5.74, 6) is 0.229. The summed E-state index contributed by atoms with van der Waals surface area (Å²) in [6.07, 6.45) is 0. The number of hydrogen-bond acceptors (Lipinski definition) is 3. The lowest BCUT2D eigenvalue weighted by Crippen LogP contribution is -2.31. The van der Waals surface area contributed by atoms with Gasteiger partial charge in [-0.15, -0.1) is 0 Å².